The van der Waals surface area contributed by atoms with E-state index in [-0.39, 0.29) is 5.82 Å². The van der Waals surface area contributed by atoms with Gasteiger partial charge in [0.25, 0.3) is 0 Å². The number of nitrogens with one attached hydrogen (secondary N) is 1. The Kier molecular flexibility index (Phi) is 2.95. The van der Waals surface area contributed by atoms with Gasteiger partial charge in [0.1, 0.15) is 5.82 Å². The summed E-state index contributed by atoms with van der Waals surface area (Å²) < 4.78 is 17.7. The molecule has 2 aromatic carbocycles. The monoisotopic (exact) mass is 379 g/mol. The Hall–Kier alpha value is -1.57. The maximum Gasteiger partial charge on any atom is 0.182 e. The fourth-order valence-corrected chi connectivity index (χ4v) is 3.71. The molecule has 4 aromatic rings. The Labute approximate surface area is 136 Å². The highest BCUT2D eigenvalue weighted by molar-refractivity contribution is 9.10. The average molecular weight is 380 g/mol. The van der Waals surface area contributed by atoms with Gasteiger partial charge in [0.05, 0.1) is 31.2 Å². The second-order valence-electron chi connectivity index (χ2n) is 4.55. The Balaban J connectivity index is 2.06. The van der Waals surface area contributed by atoms with E-state index in [9.17, 15) is 4.39 Å². The molecular weight excluding hydrogens is 373 g/mol. The normalized spacial score (nSPS) is 11.5. The molecule has 0 spiro atoms. The maximum absolute atomic E-state index is 13.8. The highest BCUT2D eigenvalue weighted by Crippen LogP contribution is 2.27. The molecule has 21 heavy (non-hydrogen) atoms. The van der Waals surface area contributed by atoms with Crippen molar-refractivity contribution in [2.45, 2.75) is 0 Å². The zero-order valence-electron chi connectivity index (χ0n) is 10.4. The first-order valence-corrected chi connectivity index (χ1v) is 8.15. The molecule has 104 valence electrons. The molecule has 0 aliphatic rings. The zero-order chi connectivity index (χ0) is 14.6. The second kappa shape index (κ2) is 4.72. The van der Waals surface area contributed by atoms with Gasteiger partial charge in [-0.25, -0.2) is 9.37 Å². The third-order valence-corrected chi connectivity index (χ3v) is 4.98. The molecule has 0 aliphatic heterocycles. The van der Waals surface area contributed by atoms with Gasteiger partial charge in [-0.2, -0.15) is 0 Å². The quantitative estimate of drug-likeness (QED) is 0.461. The molecule has 0 bridgehead atoms. The first-order chi connectivity index (χ1) is 10.1. The van der Waals surface area contributed by atoms with Crippen LogP contribution in [0.4, 0.5) is 4.39 Å². The number of benzene rings is 2. The van der Waals surface area contributed by atoms with Crippen LogP contribution in [0.2, 0.25) is 0 Å². The molecule has 3 nitrogen and oxygen atoms in total. The molecule has 0 saturated carbocycles. The van der Waals surface area contributed by atoms with Crippen molar-refractivity contribution in [3.63, 3.8) is 0 Å². The van der Waals surface area contributed by atoms with E-state index in [0.717, 1.165) is 21.4 Å². The molecule has 0 amide bonds. The number of imidazole rings is 1. The van der Waals surface area contributed by atoms with E-state index >= 15 is 0 Å². The summed E-state index contributed by atoms with van der Waals surface area (Å²) >= 11 is 10.1. The number of hydrogen-bond donors (Lipinski definition) is 1. The highest BCUT2D eigenvalue weighted by atomic mass is 79.9. The number of rotatable bonds is 1. The fourth-order valence-electron chi connectivity index (χ4n) is 2.34. The van der Waals surface area contributed by atoms with E-state index < -0.39 is 0 Å². The SMILES string of the molecule is Fc1cc2c(cc1Br)[nH]c(=S)n2-c1ccc2ncsc2c1. The van der Waals surface area contributed by atoms with Crippen LogP contribution in [0.25, 0.3) is 26.9 Å². The average Bonchev–Trinajstić information content (AvgIpc) is 3.02. The summed E-state index contributed by atoms with van der Waals surface area (Å²) in [5, 5.41) is 0. The first-order valence-electron chi connectivity index (χ1n) is 6.07. The third kappa shape index (κ3) is 2.04. The molecule has 0 atom stereocenters. The van der Waals surface area contributed by atoms with Crippen molar-refractivity contribution in [1.29, 1.82) is 0 Å². The van der Waals surface area contributed by atoms with Gasteiger partial charge in [-0.15, -0.1) is 11.3 Å². The van der Waals surface area contributed by atoms with Gasteiger partial charge >= 0.3 is 0 Å². The van der Waals surface area contributed by atoms with Crippen molar-refractivity contribution in [2.24, 2.45) is 0 Å². The van der Waals surface area contributed by atoms with Crippen LogP contribution in [-0.4, -0.2) is 14.5 Å². The Morgan fingerprint density at radius 1 is 1.29 bits per heavy atom. The van der Waals surface area contributed by atoms with E-state index in [1.807, 2.05) is 22.8 Å². The number of fused-ring (bicyclic) bond motifs is 2. The van der Waals surface area contributed by atoms with Crippen LogP contribution in [-0.2, 0) is 0 Å². The lowest BCUT2D eigenvalue weighted by molar-refractivity contribution is 0.622. The van der Waals surface area contributed by atoms with E-state index in [4.69, 9.17) is 12.2 Å². The van der Waals surface area contributed by atoms with E-state index in [1.54, 1.807) is 22.9 Å². The molecule has 4 rings (SSSR count). The van der Waals surface area contributed by atoms with Crippen molar-refractivity contribution >= 4 is 60.7 Å². The lowest BCUT2D eigenvalue weighted by Crippen LogP contribution is -1.94. The maximum atomic E-state index is 13.8. The predicted molar refractivity (Wildman–Crippen MR) is 89.3 cm³/mol. The van der Waals surface area contributed by atoms with Crippen molar-refractivity contribution in [3.05, 3.63) is 50.9 Å². The topological polar surface area (TPSA) is 33.6 Å². The number of H-pyrrole nitrogens is 1. The van der Waals surface area contributed by atoms with Crippen LogP contribution in [0.5, 0.6) is 0 Å². The Bertz CT molecular complexity index is 1050. The second-order valence-corrected chi connectivity index (χ2v) is 6.68. The number of halogens is 2. The summed E-state index contributed by atoms with van der Waals surface area (Å²) in [5.74, 6) is -0.316. The third-order valence-electron chi connectivity index (χ3n) is 3.30. The number of nitrogens with zero attached hydrogens (tertiary/aromatic N) is 2. The molecule has 7 heteroatoms. The van der Waals surface area contributed by atoms with Crippen LogP contribution >= 0.6 is 39.5 Å². The van der Waals surface area contributed by atoms with E-state index in [1.165, 1.54) is 6.07 Å². The molecule has 0 aliphatic carbocycles. The molecule has 1 N–H and O–H groups in total. The van der Waals surface area contributed by atoms with Gasteiger partial charge in [-0.1, -0.05) is 0 Å². The van der Waals surface area contributed by atoms with E-state index in [2.05, 4.69) is 25.9 Å². The smallest absolute Gasteiger partial charge is 0.182 e. The Morgan fingerprint density at radius 3 is 3.00 bits per heavy atom. The Morgan fingerprint density at radius 2 is 2.14 bits per heavy atom. The van der Waals surface area contributed by atoms with Crippen LogP contribution in [0.3, 0.4) is 0 Å². The summed E-state index contributed by atoms with van der Waals surface area (Å²) in [5.41, 5.74) is 5.15. The van der Waals surface area contributed by atoms with Crippen LogP contribution in [0, 0.1) is 10.6 Å². The standard InChI is InChI=1S/C14H7BrFN3S2/c15-8-4-11-12(5-9(8)16)19(14(20)18-11)7-1-2-10-13(3-7)21-6-17-10/h1-6H,(H,18,20). The fraction of sp³-hybridized carbons (Fsp3) is 0. The number of hydrogen-bond acceptors (Lipinski definition) is 3. The van der Waals surface area contributed by atoms with Crippen LogP contribution in [0.1, 0.15) is 0 Å². The predicted octanol–water partition coefficient (Wildman–Crippen LogP) is 5.20. The molecular formula is C14H7BrFN3S2. The summed E-state index contributed by atoms with van der Waals surface area (Å²) in [6, 6.07) is 9.06. The van der Waals surface area contributed by atoms with Gasteiger partial charge in [0, 0.05) is 11.8 Å². The summed E-state index contributed by atoms with van der Waals surface area (Å²) in [4.78, 5) is 7.37. The molecule has 2 aromatic heterocycles. The van der Waals surface area contributed by atoms with Gasteiger partial charge in [-0.05, 0) is 52.4 Å². The number of aromatic nitrogens is 3. The zero-order valence-corrected chi connectivity index (χ0v) is 13.6. The number of aromatic amines is 1. The summed E-state index contributed by atoms with van der Waals surface area (Å²) in [7, 11) is 0. The van der Waals surface area contributed by atoms with Gasteiger partial charge in [0.15, 0.2) is 4.77 Å². The summed E-state index contributed by atoms with van der Waals surface area (Å²) in [6.07, 6.45) is 0. The minimum Gasteiger partial charge on any atom is -0.330 e. The van der Waals surface area contributed by atoms with Crippen LogP contribution < -0.4 is 0 Å². The van der Waals surface area contributed by atoms with Crippen molar-refractivity contribution < 1.29 is 4.39 Å². The van der Waals surface area contributed by atoms with Crippen molar-refractivity contribution in [1.82, 2.24) is 14.5 Å². The van der Waals surface area contributed by atoms with E-state index in [0.29, 0.717) is 14.8 Å². The highest BCUT2D eigenvalue weighted by Gasteiger charge is 2.11. The molecule has 2 heterocycles. The lowest BCUT2D eigenvalue weighted by Gasteiger charge is -2.05. The molecule has 0 saturated heterocycles. The largest absolute Gasteiger partial charge is 0.330 e. The molecule has 0 radical (unpaired) electrons. The van der Waals surface area contributed by atoms with Crippen LogP contribution in [0.15, 0.2) is 40.3 Å². The van der Waals surface area contributed by atoms with Gasteiger partial charge in [0.2, 0.25) is 0 Å². The minimum absolute atomic E-state index is 0.316. The summed E-state index contributed by atoms with van der Waals surface area (Å²) in [6.45, 7) is 0. The van der Waals surface area contributed by atoms with Crippen molar-refractivity contribution in [2.75, 3.05) is 0 Å². The van der Waals surface area contributed by atoms with Crippen molar-refractivity contribution in [3.8, 4) is 5.69 Å². The molecule has 0 unspecified atom stereocenters. The van der Waals surface area contributed by atoms with Gasteiger partial charge < -0.3 is 4.98 Å². The first kappa shape index (κ1) is 13.1. The number of thiazole rings is 1. The van der Waals surface area contributed by atoms with Gasteiger partial charge in [-0.3, -0.25) is 4.57 Å². The lowest BCUT2D eigenvalue weighted by atomic mass is 10.2. The molecule has 0 fully saturated rings. The minimum atomic E-state index is -0.316.